The molecule has 0 radical (unpaired) electrons. The van der Waals surface area contributed by atoms with Gasteiger partial charge in [0, 0.05) is 40.3 Å². The van der Waals surface area contributed by atoms with Gasteiger partial charge in [-0.05, 0) is 94.8 Å². The van der Waals surface area contributed by atoms with Gasteiger partial charge in [-0.3, -0.25) is 0 Å². The monoisotopic (exact) mass is 804 g/mol. The third-order valence-electron chi connectivity index (χ3n) is 11.7. The fraction of sp³-hybridized carbons (Fsp3) is 0.308. The second-order valence-corrected chi connectivity index (χ2v) is 20.0. The number of hydrogen-bond donors (Lipinski definition) is 0. The molecule has 0 fully saturated rings. The van der Waals surface area contributed by atoms with Crippen LogP contribution in [-0.2, 0) is 12.8 Å². The second-order valence-electron chi connectivity index (χ2n) is 15.8. The molecule has 6 aromatic carbocycles. The van der Waals surface area contributed by atoms with Crippen LogP contribution in [0.3, 0.4) is 0 Å². The molecule has 56 heavy (non-hydrogen) atoms. The highest BCUT2D eigenvalue weighted by atomic mass is 32.1. The first-order valence-corrected chi connectivity index (χ1v) is 24.5. The lowest BCUT2D eigenvalue weighted by molar-refractivity contribution is 0.607. The van der Waals surface area contributed by atoms with Crippen LogP contribution in [0.25, 0.3) is 80.7 Å². The number of fused-ring (bicyclic) bond motifs is 12. The summed E-state index contributed by atoms with van der Waals surface area (Å²) in [6.45, 7) is 4.57. The van der Waals surface area contributed by atoms with E-state index in [0.29, 0.717) is 0 Å². The maximum Gasteiger partial charge on any atom is 0.0542 e. The molecular formula is C52H52S4. The summed E-state index contributed by atoms with van der Waals surface area (Å²) < 4.78 is 11.5. The summed E-state index contributed by atoms with van der Waals surface area (Å²) in [4.78, 5) is 0. The summed E-state index contributed by atoms with van der Waals surface area (Å²) >= 11 is 7.79. The molecule has 0 spiro atoms. The molecule has 0 saturated heterocycles. The first-order valence-electron chi connectivity index (χ1n) is 21.2. The van der Waals surface area contributed by atoms with Crippen molar-refractivity contribution in [2.24, 2.45) is 0 Å². The molecule has 0 nitrogen and oxygen atoms in total. The summed E-state index contributed by atoms with van der Waals surface area (Å²) in [6.07, 6.45) is 18.8. The summed E-state index contributed by atoms with van der Waals surface area (Å²) in [7, 11) is 0. The Labute approximate surface area is 347 Å². The van der Waals surface area contributed by atoms with Crippen molar-refractivity contribution in [3.8, 4) is 0 Å². The van der Waals surface area contributed by atoms with Crippen LogP contribution in [0.15, 0.2) is 109 Å². The average Bonchev–Trinajstić information content (AvgIpc) is 3.97. The van der Waals surface area contributed by atoms with Crippen molar-refractivity contribution in [2.45, 2.75) is 104 Å². The van der Waals surface area contributed by atoms with Gasteiger partial charge >= 0.3 is 0 Å². The van der Waals surface area contributed by atoms with E-state index in [-0.39, 0.29) is 0 Å². The number of hydrogen-bond acceptors (Lipinski definition) is 4. The maximum absolute atomic E-state index is 2.42. The Hall–Kier alpha value is -3.80. The Balaban J connectivity index is 0.000000146. The van der Waals surface area contributed by atoms with E-state index in [1.807, 2.05) is 45.3 Å². The number of thiophene rings is 4. The zero-order chi connectivity index (χ0) is 37.8. The molecule has 10 rings (SSSR count). The summed E-state index contributed by atoms with van der Waals surface area (Å²) in [5.41, 5.74) is 2.98. The van der Waals surface area contributed by atoms with E-state index in [1.54, 1.807) is 0 Å². The van der Waals surface area contributed by atoms with Crippen molar-refractivity contribution >= 4 is 126 Å². The highest BCUT2D eigenvalue weighted by molar-refractivity contribution is 7.37. The molecule has 4 aromatic heterocycles. The summed E-state index contributed by atoms with van der Waals surface area (Å²) in [6, 6.07) is 41.5. The van der Waals surface area contributed by atoms with E-state index >= 15 is 0 Å². The van der Waals surface area contributed by atoms with E-state index in [1.165, 1.54) is 182 Å². The van der Waals surface area contributed by atoms with Crippen molar-refractivity contribution < 1.29 is 0 Å². The fourth-order valence-electron chi connectivity index (χ4n) is 8.53. The third-order valence-corrected chi connectivity index (χ3v) is 16.7. The Kier molecular flexibility index (Phi) is 11.7. The van der Waals surface area contributed by atoms with E-state index in [2.05, 4.69) is 123 Å². The zero-order valence-corrected chi connectivity index (χ0v) is 36.2. The molecule has 0 atom stereocenters. The van der Waals surface area contributed by atoms with Crippen LogP contribution in [0.4, 0.5) is 0 Å². The van der Waals surface area contributed by atoms with Crippen LogP contribution in [0.2, 0.25) is 0 Å². The second kappa shape index (κ2) is 17.4. The number of unbranched alkanes of at least 4 members (excludes halogenated alkanes) is 10. The largest absolute Gasteiger partial charge is 0.134 e. The van der Waals surface area contributed by atoms with Crippen molar-refractivity contribution in [1.29, 1.82) is 0 Å². The van der Waals surface area contributed by atoms with Crippen LogP contribution in [0.5, 0.6) is 0 Å². The molecular weight excluding hydrogens is 753 g/mol. The first kappa shape index (κ1) is 37.8. The molecule has 4 heterocycles. The zero-order valence-electron chi connectivity index (χ0n) is 32.9. The van der Waals surface area contributed by atoms with Crippen LogP contribution in [-0.4, -0.2) is 0 Å². The van der Waals surface area contributed by atoms with Crippen molar-refractivity contribution in [3.63, 3.8) is 0 Å². The minimum Gasteiger partial charge on any atom is -0.134 e. The number of benzene rings is 6. The smallest absolute Gasteiger partial charge is 0.0542 e. The van der Waals surface area contributed by atoms with Crippen molar-refractivity contribution in [3.05, 3.63) is 120 Å². The average molecular weight is 805 g/mol. The molecule has 0 aliphatic rings. The first-order chi connectivity index (χ1) is 27.7. The fourth-order valence-corrected chi connectivity index (χ4v) is 13.9. The lowest BCUT2D eigenvalue weighted by Crippen LogP contribution is -1.87. The van der Waals surface area contributed by atoms with Gasteiger partial charge in [-0.25, -0.2) is 0 Å². The number of rotatable bonds is 14. The molecule has 0 bridgehead atoms. The van der Waals surface area contributed by atoms with E-state index < -0.39 is 0 Å². The molecule has 10 aromatic rings. The van der Waals surface area contributed by atoms with Gasteiger partial charge in [-0.2, -0.15) is 0 Å². The van der Waals surface area contributed by atoms with Gasteiger partial charge in [0.05, 0.1) is 18.8 Å². The molecule has 0 aliphatic carbocycles. The minimum atomic E-state index is 1.21. The quantitative estimate of drug-likeness (QED) is 0.0961. The Morgan fingerprint density at radius 1 is 0.321 bits per heavy atom. The minimum absolute atomic E-state index is 1.21. The van der Waals surface area contributed by atoms with Gasteiger partial charge in [-0.15, -0.1) is 45.3 Å². The lowest BCUT2D eigenvalue weighted by Gasteiger charge is -2.05. The van der Waals surface area contributed by atoms with Crippen LogP contribution < -0.4 is 0 Å². The van der Waals surface area contributed by atoms with Gasteiger partial charge in [0.2, 0.25) is 0 Å². The molecule has 4 heteroatoms. The van der Waals surface area contributed by atoms with Crippen molar-refractivity contribution in [2.75, 3.05) is 0 Å². The normalized spacial score (nSPS) is 12.0. The van der Waals surface area contributed by atoms with Gasteiger partial charge in [-0.1, -0.05) is 151 Å². The molecule has 0 aliphatic heterocycles. The third kappa shape index (κ3) is 7.88. The Bertz CT molecular complexity index is 2710. The van der Waals surface area contributed by atoms with Gasteiger partial charge in [0.1, 0.15) is 0 Å². The maximum atomic E-state index is 2.42. The Morgan fingerprint density at radius 2 is 0.714 bits per heavy atom. The topological polar surface area (TPSA) is 0 Å². The highest BCUT2D eigenvalue weighted by Gasteiger charge is 2.14. The van der Waals surface area contributed by atoms with E-state index in [9.17, 15) is 0 Å². The molecule has 0 amide bonds. The highest BCUT2D eigenvalue weighted by Crippen LogP contribution is 2.46. The van der Waals surface area contributed by atoms with Crippen molar-refractivity contribution in [1.82, 2.24) is 0 Å². The molecule has 0 N–H and O–H groups in total. The predicted octanol–water partition coefficient (Wildman–Crippen LogP) is 18.7. The Morgan fingerprint density at radius 3 is 1.18 bits per heavy atom. The standard InChI is InChI=1S/2C26H26S2/c2*1-2-3-4-5-6-7-10-18-13-14-19-16-22-24(17-20(19)15-18)28-25-21-11-8-9-12-23(21)27-26(22)25/h2*8-9,11-17H,2-7,10H2,1H3. The summed E-state index contributed by atoms with van der Waals surface area (Å²) in [5.74, 6) is 0. The van der Waals surface area contributed by atoms with E-state index in [4.69, 9.17) is 0 Å². The van der Waals surface area contributed by atoms with E-state index in [0.717, 1.165) is 0 Å². The summed E-state index contributed by atoms with van der Waals surface area (Å²) in [5, 5.41) is 11.2. The molecule has 0 saturated carbocycles. The van der Waals surface area contributed by atoms with Gasteiger partial charge in [0.25, 0.3) is 0 Å². The van der Waals surface area contributed by atoms with Crippen LogP contribution in [0.1, 0.15) is 102 Å². The molecule has 284 valence electrons. The SMILES string of the molecule is CCCCCCCCc1ccc2cc3c(cc2c1)sc1c2ccccc2sc31.CCCCCCCCc1ccc2cc3c(cc2c1)sc1c2ccccc2sc31. The van der Waals surface area contributed by atoms with Crippen LogP contribution in [0, 0.1) is 0 Å². The van der Waals surface area contributed by atoms with Gasteiger partial charge < -0.3 is 0 Å². The number of aryl methyl sites for hydroxylation is 2. The van der Waals surface area contributed by atoms with Crippen LogP contribution >= 0.6 is 45.3 Å². The van der Waals surface area contributed by atoms with Gasteiger partial charge in [0.15, 0.2) is 0 Å². The molecule has 0 unspecified atom stereocenters. The predicted molar refractivity (Wildman–Crippen MR) is 259 cm³/mol. The lowest BCUT2D eigenvalue weighted by atomic mass is 10.0.